The fourth-order valence-electron chi connectivity index (χ4n) is 4.27. The van der Waals surface area contributed by atoms with Gasteiger partial charge < -0.3 is 9.88 Å². The van der Waals surface area contributed by atoms with Gasteiger partial charge >= 0.3 is 0 Å². The zero-order valence-electron chi connectivity index (χ0n) is 15.4. The average Bonchev–Trinajstić information content (AvgIpc) is 3.05. The second kappa shape index (κ2) is 7.57. The summed E-state index contributed by atoms with van der Waals surface area (Å²) in [4.78, 5) is 25.1. The minimum atomic E-state index is 0.299. The lowest BCUT2D eigenvalue weighted by Gasteiger charge is -2.35. The van der Waals surface area contributed by atoms with Crippen molar-refractivity contribution >= 4 is 28.5 Å². The number of nitrogens with zero attached hydrogens (tertiary/aromatic N) is 3. The van der Waals surface area contributed by atoms with Crippen LogP contribution in [0.1, 0.15) is 44.3 Å². The summed E-state index contributed by atoms with van der Waals surface area (Å²) < 4.78 is 0. The maximum absolute atomic E-state index is 12.6. The summed E-state index contributed by atoms with van der Waals surface area (Å²) in [6.07, 6.45) is 4.47. The Kier molecular flexibility index (Phi) is 5.18. The van der Waals surface area contributed by atoms with E-state index in [9.17, 15) is 4.79 Å². The van der Waals surface area contributed by atoms with Crippen molar-refractivity contribution in [1.29, 1.82) is 0 Å². The molecule has 1 aromatic carbocycles. The number of hydrogen-bond donors (Lipinski definition) is 1. The Hall–Kier alpha value is -1.59. The van der Waals surface area contributed by atoms with Gasteiger partial charge in [0, 0.05) is 24.0 Å². The molecule has 6 heteroatoms. The molecule has 1 N–H and O–H groups in total. The molecule has 1 amide bonds. The van der Waals surface area contributed by atoms with E-state index in [1.165, 1.54) is 6.42 Å². The van der Waals surface area contributed by atoms with Gasteiger partial charge in [-0.3, -0.25) is 9.69 Å². The molecule has 2 aromatic rings. The highest BCUT2D eigenvalue weighted by Crippen LogP contribution is 2.28. The fraction of sp³-hybridized carbons (Fsp3) is 0.600. The highest BCUT2D eigenvalue weighted by molar-refractivity contribution is 6.31. The van der Waals surface area contributed by atoms with E-state index in [0.717, 1.165) is 67.3 Å². The molecule has 3 heterocycles. The molecule has 2 aliphatic rings. The first kappa shape index (κ1) is 17.8. The number of fused-ring (bicyclic) bond motifs is 1. The third kappa shape index (κ3) is 3.89. The molecule has 0 unspecified atom stereocenters. The summed E-state index contributed by atoms with van der Waals surface area (Å²) in [5, 5.41) is 0.730. The minimum absolute atomic E-state index is 0.299. The lowest BCUT2D eigenvalue weighted by molar-refractivity contribution is -0.134. The Morgan fingerprint density at radius 1 is 1.27 bits per heavy atom. The van der Waals surface area contributed by atoms with Gasteiger partial charge in [0.2, 0.25) is 5.91 Å². The van der Waals surface area contributed by atoms with Crippen LogP contribution in [0, 0.1) is 5.92 Å². The Bertz CT molecular complexity index is 781. The second-order valence-corrected chi connectivity index (χ2v) is 8.36. The Labute approximate surface area is 159 Å². The predicted octanol–water partition coefficient (Wildman–Crippen LogP) is 3.65. The lowest BCUT2D eigenvalue weighted by Crippen LogP contribution is -2.46. The van der Waals surface area contributed by atoms with Crippen molar-refractivity contribution in [3.8, 4) is 0 Å². The lowest BCUT2D eigenvalue weighted by atomic mass is 9.96. The van der Waals surface area contributed by atoms with Gasteiger partial charge in [-0.05, 0) is 62.9 Å². The smallest absolute Gasteiger partial charge is 0.236 e. The van der Waals surface area contributed by atoms with Crippen LogP contribution in [0.25, 0.3) is 11.0 Å². The highest BCUT2D eigenvalue weighted by atomic mass is 35.5. The number of aromatic nitrogens is 2. The van der Waals surface area contributed by atoms with E-state index in [2.05, 4.69) is 21.7 Å². The number of aromatic amines is 1. The molecule has 2 fully saturated rings. The molecule has 26 heavy (non-hydrogen) atoms. The quantitative estimate of drug-likeness (QED) is 0.892. The van der Waals surface area contributed by atoms with Crippen LogP contribution in [0.5, 0.6) is 0 Å². The van der Waals surface area contributed by atoms with Crippen LogP contribution in [-0.4, -0.2) is 58.4 Å². The van der Waals surface area contributed by atoms with Crippen molar-refractivity contribution in [2.24, 2.45) is 5.92 Å². The van der Waals surface area contributed by atoms with Crippen LogP contribution in [0.2, 0.25) is 5.02 Å². The number of benzene rings is 1. The number of hydrogen-bond acceptors (Lipinski definition) is 3. The molecule has 1 aromatic heterocycles. The molecule has 0 aliphatic carbocycles. The maximum Gasteiger partial charge on any atom is 0.236 e. The van der Waals surface area contributed by atoms with Crippen LogP contribution in [0.4, 0.5) is 0 Å². The van der Waals surface area contributed by atoms with E-state index >= 15 is 0 Å². The fourth-order valence-corrected chi connectivity index (χ4v) is 4.44. The number of piperidine rings is 2. The first-order valence-electron chi connectivity index (χ1n) is 9.74. The van der Waals surface area contributed by atoms with Crippen LogP contribution in [-0.2, 0) is 4.79 Å². The number of imidazole rings is 1. The zero-order valence-corrected chi connectivity index (χ0v) is 16.1. The van der Waals surface area contributed by atoms with Crippen molar-refractivity contribution in [1.82, 2.24) is 19.8 Å². The molecule has 2 saturated heterocycles. The Morgan fingerprint density at radius 3 is 2.85 bits per heavy atom. The highest BCUT2D eigenvalue weighted by Gasteiger charge is 2.27. The third-order valence-corrected chi connectivity index (χ3v) is 6.04. The number of carbonyl (C=O) groups excluding carboxylic acids is 1. The molecular formula is C20H27ClN4O. The van der Waals surface area contributed by atoms with E-state index in [0.29, 0.717) is 24.3 Å². The van der Waals surface area contributed by atoms with E-state index in [-0.39, 0.29) is 0 Å². The van der Waals surface area contributed by atoms with E-state index in [4.69, 9.17) is 16.6 Å². The molecule has 2 aliphatic heterocycles. The zero-order chi connectivity index (χ0) is 18.1. The maximum atomic E-state index is 12.6. The van der Waals surface area contributed by atoms with Gasteiger partial charge in [0.05, 0.1) is 17.6 Å². The van der Waals surface area contributed by atoms with E-state index in [1.54, 1.807) is 0 Å². The molecule has 0 radical (unpaired) electrons. The molecule has 5 nitrogen and oxygen atoms in total. The number of likely N-dealkylation sites (tertiary alicyclic amines) is 2. The van der Waals surface area contributed by atoms with Crippen LogP contribution < -0.4 is 0 Å². The summed E-state index contributed by atoms with van der Waals surface area (Å²) in [6.45, 7) is 6.58. The van der Waals surface area contributed by atoms with Crippen LogP contribution in [0.3, 0.4) is 0 Å². The number of carbonyl (C=O) groups is 1. The summed E-state index contributed by atoms with van der Waals surface area (Å²) in [7, 11) is 0. The first-order chi connectivity index (χ1) is 12.6. The first-order valence-corrected chi connectivity index (χ1v) is 10.1. The largest absolute Gasteiger partial charge is 0.342 e. The third-order valence-electron chi connectivity index (χ3n) is 5.81. The predicted molar refractivity (Wildman–Crippen MR) is 104 cm³/mol. The monoisotopic (exact) mass is 374 g/mol. The Morgan fingerprint density at radius 2 is 2.08 bits per heavy atom. The molecule has 0 spiro atoms. The van der Waals surface area contributed by atoms with E-state index < -0.39 is 0 Å². The van der Waals surface area contributed by atoms with Gasteiger partial charge in [-0.15, -0.1) is 0 Å². The van der Waals surface area contributed by atoms with Crippen molar-refractivity contribution < 1.29 is 4.79 Å². The molecule has 140 valence electrons. The van der Waals surface area contributed by atoms with Gasteiger partial charge in [-0.25, -0.2) is 4.98 Å². The van der Waals surface area contributed by atoms with Crippen molar-refractivity contribution in [3.05, 3.63) is 29.0 Å². The second-order valence-electron chi connectivity index (χ2n) is 7.92. The molecule has 0 bridgehead atoms. The van der Waals surface area contributed by atoms with Crippen LogP contribution in [0.15, 0.2) is 18.2 Å². The summed E-state index contributed by atoms with van der Waals surface area (Å²) in [5.41, 5.74) is 1.98. The Balaban J connectivity index is 1.32. The van der Waals surface area contributed by atoms with E-state index in [1.807, 2.05) is 18.2 Å². The van der Waals surface area contributed by atoms with Crippen molar-refractivity contribution in [2.45, 2.75) is 38.5 Å². The SMILES string of the molecule is C[C@H]1CCCN(C(=O)CN2CCC(c3nc4ccc(Cl)cc4[nH]3)CC2)C1. The molecule has 4 rings (SSSR count). The summed E-state index contributed by atoms with van der Waals surface area (Å²) in [5.74, 6) is 2.43. The van der Waals surface area contributed by atoms with Gasteiger partial charge in [0.1, 0.15) is 5.82 Å². The standard InChI is InChI=1S/C20H27ClN4O/c1-14-3-2-8-25(12-14)19(26)13-24-9-6-15(7-10-24)20-22-17-5-4-16(21)11-18(17)23-20/h4-5,11,14-15H,2-3,6-10,12-13H2,1H3,(H,22,23)/t14-/m0/s1. The molecule has 1 atom stereocenters. The number of H-pyrrole nitrogens is 1. The van der Waals surface area contributed by atoms with Gasteiger partial charge in [0.15, 0.2) is 0 Å². The van der Waals surface area contributed by atoms with Gasteiger partial charge in [0.25, 0.3) is 0 Å². The van der Waals surface area contributed by atoms with Gasteiger partial charge in [-0.1, -0.05) is 18.5 Å². The number of halogens is 1. The van der Waals surface area contributed by atoms with Crippen molar-refractivity contribution in [3.63, 3.8) is 0 Å². The number of nitrogens with one attached hydrogen (secondary N) is 1. The number of rotatable bonds is 3. The average molecular weight is 375 g/mol. The molecule has 0 saturated carbocycles. The van der Waals surface area contributed by atoms with Crippen molar-refractivity contribution in [2.75, 3.05) is 32.7 Å². The molecular weight excluding hydrogens is 348 g/mol. The van der Waals surface area contributed by atoms with Crippen LogP contribution >= 0.6 is 11.6 Å². The topological polar surface area (TPSA) is 52.2 Å². The summed E-state index contributed by atoms with van der Waals surface area (Å²) >= 11 is 6.06. The number of amides is 1. The van der Waals surface area contributed by atoms with Gasteiger partial charge in [-0.2, -0.15) is 0 Å². The minimum Gasteiger partial charge on any atom is -0.342 e. The summed E-state index contributed by atoms with van der Waals surface area (Å²) in [6, 6.07) is 5.77. The normalized spacial score (nSPS) is 22.8.